The number of rotatable bonds is 3. The van der Waals surface area contributed by atoms with Gasteiger partial charge in [-0.25, -0.2) is 4.98 Å². The molecule has 0 spiro atoms. The molecule has 4 rings (SSSR count). The zero-order chi connectivity index (χ0) is 18.3. The van der Waals surface area contributed by atoms with E-state index < -0.39 is 6.36 Å². The van der Waals surface area contributed by atoms with Gasteiger partial charge in [-0.15, -0.1) is 13.2 Å². The van der Waals surface area contributed by atoms with Gasteiger partial charge in [0.2, 0.25) is 0 Å². The molecule has 0 amide bonds. The Balaban J connectivity index is 1.77. The molecule has 130 valence electrons. The Kier molecular flexibility index (Phi) is 3.61. The zero-order valence-electron chi connectivity index (χ0n) is 13.1. The predicted molar refractivity (Wildman–Crippen MR) is 88.4 cm³/mol. The molecule has 2 heterocycles. The average molecular weight is 357 g/mol. The number of nitrogens with zero attached hydrogens (tertiary/aromatic N) is 3. The third kappa shape index (κ3) is 2.85. The summed E-state index contributed by atoms with van der Waals surface area (Å²) in [5.41, 5.74) is 3.12. The molecule has 0 fully saturated rings. The first-order chi connectivity index (χ1) is 12.4. The van der Waals surface area contributed by atoms with Gasteiger partial charge in [0.15, 0.2) is 6.29 Å². The van der Waals surface area contributed by atoms with Crippen LogP contribution >= 0.6 is 0 Å². The number of benzene rings is 2. The molecule has 0 aliphatic rings. The van der Waals surface area contributed by atoms with E-state index in [4.69, 9.17) is 0 Å². The van der Waals surface area contributed by atoms with Crippen molar-refractivity contribution < 1.29 is 22.7 Å². The second kappa shape index (κ2) is 5.83. The van der Waals surface area contributed by atoms with E-state index in [1.165, 1.54) is 30.5 Å². The molecule has 5 nitrogen and oxygen atoms in total. The molecule has 0 aliphatic carbocycles. The summed E-state index contributed by atoms with van der Waals surface area (Å²) in [5.74, 6) is -0.292. The molecule has 0 bridgehead atoms. The number of imidazole rings is 1. The van der Waals surface area contributed by atoms with Gasteiger partial charge >= 0.3 is 6.36 Å². The third-order valence-electron chi connectivity index (χ3n) is 3.87. The van der Waals surface area contributed by atoms with Crippen LogP contribution in [0.2, 0.25) is 0 Å². The van der Waals surface area contributed by atoms with Crippen molar-refractivity contribution in [2.45, 2.75) is 6.36 Å². The first kappa shape index (κ1) is 16.1. The van der Waals surface area contributed by atoms with Crippen LogP contribution in [0, 0.1) is 0 Å². The molecule has 0 saturated carbocycles. The minimum Gasteiger partial charge on any atom is -0.406 e. The van der Waals surface area contributed by atoms with E-state index in [9.17, 15) is 18.0 Å². The standard InChI is InChI=1S/C18H10F3N3O2/c19-18(20,21)26-14-4-2-13(3-5-14)24-10-23-17-15(24)6-1-12-7-11(9-25)8-22-16(12)17/h1-10H. The summed E-state index contributed by atoms with van der Waals surface area (Å²) in [5, 5.41) is 0.779. The molecule has 26 heavy (non-hydrogen) atoms. The van der Waals surface area contributed by atoms with Gasteiger partial charge in [0.25, 0.3) is 0 Å². The molecule has 2 aromatic heterocycles. The fourth-order valence-corrected chi connectivity index (χ4v) is 2.77. The summed E-state index contributed by atoms with van der Waals surface area (Å²) >= 11 is 0. The van der Waals surface area contributed by atoms with Crippen LogP contribution < -0.4 is 4.74 Å². The lowest BCUT2D eigenvalue weighted by atomic mass is 10.1. The molecule has 0 radical (unpaired) electrons. The number of carbonyl (C=O) groups excluding carboxylic acids is 1. The molecule has 4 aromatic rings. The van der Waals surface area contributed by atoms with Crippen LogP contribution in [0.25, 0.3) is 27.6 Å². The molecule has 0 saturated heterocycles. The van der Waals surface area contributed by atoms with E-state index in [2.05, 4.69) is 14.7 Å². The van der Waals surface area contributed by atoms with Gasteiger partial charge in [0.05, 0.1) is 11.0 Å². The number of aldehydes is 1. The van der Waals surface area contributed by atoms with Crippen LogP contribution in [0.4, 0.5) is 13.2 Å². The summed E-state index contributed by atoms with van der Waals surface area (Å²) in [6.45, 7) is 0. The van der Waals surface area contributed by atoms with Crippen molar-refractivity contribution in [2.75, 3.05) is 0 Å². The molecule has 0 atom stereocenters. The number of carbonyl (C=O) groups is 1. The lowest BCUT2D eigenvalue weighted by Crippen LogP contribution is -2.17. The Hall–Kier alpha value is -3.42. The highest BCUT2D eigenvalue weighted by Gasteiger charge is 2.31. The van der Waals surface area contributed by atoms with Crippen LogP contribution in [-0.4, -0.2) is 27.2 Å². The molecule has 0 N–H and O–H groups in total. The monoisotopic (exact) mass is 357 g/mol. The largest absolute Gasteiger partial charge is 0.573 e. The van der Waals surface area contributed by atoms with Crippen molar-refractivity contribution in [1.29, 1.82) is 0 Å². The maximum absolute atomic E-state index is 12.3. The van der Waals surface area contributed by atoms with E-state index in [-0.39, 0.29) is 5.75 Å². The number of hydrogen-bond acceptors (Lipinski definition) is 4. The van der Waals surface area contributed by atoms with Crippen LogP contribution in [-0.2, 0) is 0 Å². The Bertz CT molecular complexity index is 1120. The lowest BCUT2D eigenvalue weighted by molar-refractivity contribution is -0.274. The molecule has 8 heteroatoms. The second-order valence-electron chi connectivity index (χ2n) is 5.55. The number of hydrogen-bond donors (Lipinski definition) is 0. The highest BCUT2D eigenvalue weighted by Crippen LogP contribution is 2.27. The van der Waals surface area contributed by atoms with Crippen LogP contribution in [0.1, 0.15) is 10.4 Å². The van der Waals surface area contributed by atoms with Gasteiger partial charge in [-0.2, -0.15) is 0 Å². The van der Waals surface area contributed by atoms with Crippen LogP contribution in [0.3, 0.4) is 0 Å². The molecular weight excluding hydrogens is 347 g/mol. The van der Waals surface area contributed by atoms with Crippen molar-refractivity contribution in [3.63, 3.8) is 0 Å². The summed E-state index contributed by atoms with van der Waals surface area (Å²) in [6, 6.07) is 10.9. The minimum absolute atomic E-state index is 0.292. The van der Waals surface area contributed by atoms with Crippen LogP contribution in [0.15, 0.2) is 55.0 Å². The Morgan fingerprint density at radius 2 is 1.77 bits per heavy atom. The Morgan fingerprint density at radius 3 is 2.46 bits per heavy atom. The number of ether oxygens (including phenoxy) is 1. The summed E-state index contributed by atoms with van der Waals surface area (Å²) < 4.78 is 42.4. The normalized spacial score (nSPS) is 11.8. The zero-order valence-corrected chi connectivity index (χ0v) is 13.1. The van der Waals surface area contributed by atoms with Gasteiger partial charge in [-0.1, -0.05) is 6.07 Å². The van der Waals surface area contributed by atoms with Crippen molar-refractivity contribution in [1.82, 2.24) is 14.5 Å². The maximum atomic E-state index is 12.3. The lowest BCUT2D eigenvalue weighted by Gasteiger charge is -2.10. The topological polar surface area (TPSA) is 57.0 Å². The second-order valence-corrected chi connectivity index (χ2v) is 5.55. The van der Waals surface area contributed by atoms with E-state index in [1.54, 1.807) is 17.0 Å². The minimum atomic E-state index is -4.73. The van der Waals surface area contributed by atoms with E-state index >= 15 is 0 Å². The summed E-state index contributed by atoms with van der Waals surface area (Å²) in [4.78, 5) is 19.5. The average Bonchev–Trinajstić information content (AvgIpc) is 3.05. The summed E-state index contributed by atoms with van der Waals surface area (Å²) in [7, 11) is 0. The molecular formula is C18H10F3N3O2. The number of alkyl halides is 3. The van der Waals surface area contributed by atoms with Gasteiger partial charge in [-0.05, 0) is 36.4 Å². The van der Waals surface area contributed by atoms with E-state index in [0.29, 0.717) is 22.3 Å². The number of aromatic nitrogens is 3. The van der Waals surface area contributed by atoms with Crippen molar-refractivity contribution in [2.24, 2.45) is 0 Å². The van der Waals surface area contributed by atoms with Crippen LogP contribution in [0.5, 0.6) is 5.75 Å². The van der Waals surface area contributed by atoms with E-state index in [1.807, 2.05) is 12.1 Å². The first-order valence-corrected chi connectivity index (χ1v) is 7.52. The van der Waals surface area contributed by atoms with Gasteiger partial charge < -0.3 is 4.74 Å². The highest BCUT2D eigenvalue weighted by molar-refractivity contribution is 6.03. The maximum Gasteiger partial charge on any atom is 0.573 e. The Labute approximate surface area is 144 Å². The quantitative estimate of drug-likeness (QED) is 0.514. The SMILES string of the molecule is O=Cc1cnc2c(ccc3c2ncn3-c2ccc(OC(F)(F)F)cc2)c1. The predicted octanol–water partition coefficient (Wildman–Crippen LogP) is 4.28. The number of halogens is 3. The van der Waals surface area contributed by atoms with Crippen molar-refractivity contribution in [3.05, 3.63) is 60.6 Å². The molecule has 0 unspecified atom stereocenters. The van der Waals surface area contributed by atoms with Gasteiger partial charge in [0.1, 0.15) is 17.6 Å². The molecule has 0 aliphatic heterocycles. The third-order valence-corrected chi connectivity index (χ3v) is 3.87. The number of fused-ring (bicyclic) bond motifs is 3. The fraction of sp³-hybridized carbons (Fsp3) is 0.0556. The van der Waals surface area contributed by atoms with Gasteiger partial charge in [-0.3, -0.25) is 14.3 Å². The number of pyridine rings is 1. The van der Waals surface area contributed by atoms with Crippen molar-refractivity contribution in [3.8, 4) is 11.4 Å². The van der Waals surface area contributed by atoms with E-state index in [0.717, 1.165) is 17.2 Å². The Morgan fingerprint density at radius 1 is 1.00 bits per heavy atom. The molecule has 2 aromatic carbocycles. The summed E-state index contributed by atoms with van der Waals surface area (Å²) in [6.07, 6.45) is -0.968. The first-order valence-electron chi connectivity index (χ1n) is 7.52. The van der Waals surface area contributed by atoms with Gasteiger partial charge in [0, 0.05) is 22.8 Å². The van der Waals surface area contributed by atoms with Crippen molar-refractivity contribution >= 4 is 28.2 Å². The highest BCUT2D eigenvalue weighted by atomic mass is 19.4. The smallest absolute Gasteiger partial charge is 0.406 e. The fourth-order valence-electron chi connectivity index (χ4n) is 2.77.